The number of primary amides is 1. The largest absolute Gasteiger partial charge is 0.465 e. The summed E-state index contributed by atoms with van der Waals surface area (Å²) in [4.78, 5) is 24.9. The van der Waals surface area contributed by atoms with Crippen molar-refractivity contribution in [1.82, 2.24) is 4.90 Å². The molecule has 1 unspecified atom stereocenters. The molecule has 1 aromatic carbocycles. The molecule has 0 aromatic heterocycles. The molecule has 102 valence electrons. The van der Waals surface area contributed by atoms with E-state index >= 15 is 0 Å². The summed E-state index contributed by atoms with van der Waals surface area (Å²) in [5, 5.41) is 0. The summed E-state index contributed by atoms with van der Waals surface area (Å²) in [6.45, 7) is 2.64. The Morgan fingerprint density at radius 2 is 2.11 bits per heavy atom. The standard InChI is InChI=1S/C14H18N2O3/c1-2-19-14(18)11(16-9-12(16)13(15)17)8-10-6-4-3-5-7-10/h3-7,11-12H,2,8-9H2,1H3,(H2,15,17)/t11-,12-,16?/m0/s1. The number of ether oxygens (including phenoxy) is 1. The van der Waals surface area contributed by atoms with Crippen molar-refractivity contribution in [3.63, 3.8) is 0 Å². The first-order chi connectivity index (χ1) is 9.13. The smallest absolute Gasteiger partial charge is 0.323 e. The van der Waals surface area contributed by atoms with E-state index in [4.69, 9.17) is 10.5 Å². The minimum absolute atomic E-state index is 0.296. The van der Waals surface area contributed by atoms with Crippen molar-refractivity contribution in [3.05, 3.63) is 35.9 Å². The number of hydrogen-bond donors (Lipinski definition) is 1. The van der Waals surface area contributed by atoms with Gasteiger partial charge in [-0.2, -0.15) is 0 Å². The van der Waals surface area contributed by atoms with E-state index in [0.29, 0.717) is 19.6 Å². The highest BCUT2D eigenvalue weighted by Crippen LogP contribution is 2.24. The second-order valence-corrected chi connectivity index (χ2v) is 4.57. The molecular weight excluding hydrogens is 244 g/mol. The van der Waals surface area contributed by atoms with Crippen LogP contribution < -0.4 is 5.73 Å². The minimum atomic E-state index is -0.431. The third-order valence-corrected chi connectivity index (χ3v) is 3.21. The van der Waals surface area contributed by atoms with Crippen molar-refractivity contribution in [2.24, 2.45) is 5.73 Å². The van der Waals surface area contributed by atoms with Crippen LogP contribution in [0.1, 0.15) is 12.5 Å². The first-order valence-electron chi connectivity index (χ1n) is 6.39. The molecule has 1 aromatic rings. The normalized spacial score (nSPS) is 22.6. The predicted molar refractivity (Wildman–Crippen MR) is 70.3 cm³/mol. The maximum atomic E-state index is 12.0. The van der Waals surface area contributed by atoms with Crippen LogP contribution in [0, 0.1) is 0 Å². The molecule has 19 heavy (non-hydrogen) atoms. The number of esters is 1. The van der Waals surface area contributed by atoms with Crippen LogP contribution in [0.15, 0.2) is 30.3 Å². The molecule has 2 rings (SSSR count). The number of hydrogen-bond acceptors (Lipinski definition) is 4. The Morgan fingerprint density at radius 1 is 1.42 bits per heavy atom. The average Bonchev–Trinajstić information content (AvgIpc) is 3.17. The van der Waals surface area contributed by atoms with E-state index in [0.717, 1.165) is 5.56 Å². The van der Waals surface area contributed by atoms with Crippen LogP contribution in [-0.4, -0.2) is 42.0 Å². The fourth-order valence-corrected chi connectivity index (χ4v) is 2.16. The highest BCUT2D eigenvalue weighted by molar-refractivity contribution is 5.85. The third kappa shape index (κ3) is 3.32. The summed E-state index contributed by atoms with van der Waals surface area (Å²) in [5.41, 5.74) is 6.30. The number of carbonyl (C=O) groups is 2. The van der Waals surface area contributed by atoms with Crippen molar-refractivity contribution in [1.29, 1.82) is 0 Å². The van der Waals surface area contributed by atoms with Crippen LogP contribution in [0.5, 0.6) is 0 Å². The minimum Gasteiger partial charge on any atom is -0.465 e. The van der Waals surface area contributed by atoms with Gasteiger partial charge in [0.05, 0.1) is 6.61 Å². The van der Waals surface area contributed by atoms with Crippen LogP contribution in [0.2, 0.25) is 0 Å². The number of rotatable bonds is 6. The van der Waals surface area contributed by atoms with E-state index in [9.17, 15) is 9.59 Å². The quantitative estimate of drug-likeness (QED) is 0.592. The Labute approximate surface area is 112 Å². The molecule has 5 heteroatoms. The van der Waals surface area contributed by atoms with Crippen molar-refractivity contribution < 1.29 is 14.3 Å². The average molecular weight is 262 g/mol. The topological polar surface area (TPSA) is 72.4 Å². The fourth-order valence-electron chi connectivity index (χ4n) is 2.16. The third-order valence-electron chi connectivity index (χ3n) is 3.21. The van der Waals surface area contributed by atoms with Gasteiger partial charge in [0.1, 0.15) is 12.1 Å². The zero-order valence-electron chi connectivity index (χ0n) is 10.9. The zero-order chi connectivity index (χ0) is 13.8. The van der Waals surface area contributed by atoms with E-state index < -0.39 is 6.04 Å². The molecule has 1 fully saturated rings. The van der Waals surface area contributed by atoms with Gasteiger partial charge in [-0.25, -0.2) is 0 Å². The summed E-state index contributed by atoms with van der Waals surface area (Å²) in [6.07, 6.45) is 0.531. The molecule has 0 saturated carbocycles. The summed E-state index contributed by atoms with van der Waals surface area (Å²) in [6, 6.07) is 8.91. The van der Waals surface area contributed by atoms with Gasteiger partial charge in [-0.05, 0) is 18.9 Å². The molecule has 1 aliphatic rings. The number of nitrogens with two attached hydrogens (primary N) is 1. The summed E-state index contributed by atoms with van der Waals surface area (Å²) in [7, 11) is 0. The van der Waals surface area contributed by atoms with Crippen LogP contribution in [0.4, 0.5) is 0 Å². The molecule has 2 N–H and O–H groups in total. The Hall–Kier alpha value is -1.88. The molecular formula is C14H18N2O3. The first kappa shape index (κ1) is 13.5. The Kier molecular flexibility index (Phi) is 4.16. The number of benzene rings is 1. The summed E-state index contributed by atoms with van der Waals surface area (Å²) >= 11 is 0. The van der Waals surface area contributed by atoms with Gasteiger partial charge in [0.15, 0.2) is 0 Å². The van der Waals surface area contributed by atoms with Gasteiger partial charge in [-0.1, -0.05) is 30.3 Å². The molecule has 0 bridgehead atoms. The van der Waals surface area contributed by atoms with E-state index in [1.165, 1.54) is 0 Å². The molecule has 1 heterocycles. The molecule has 3 atom stereocenters. The maximum Gasteiger partial charge on any atom is 0.323 e. The first-order valence-corrected chi connectivity index (χ1v) is 6.39. The van der Waals surface area contributed by atoms with Gasteiger partial charge >= 0.3 is 5.97 Å². The van der Waals surface area contributed by atoms with Crippen LogP contribution >= 0.6 is 0 Å². The van der Waals surface area contributed by atoms with Gasteiger partial charge in [-0.3, -0.25) is 14.5 Å². The number of nitrogens with zero attached hydrogens (tertiary/aromatic N) is 1. The zero-order valence-corrected chi connectivity index (χ0v) is 10.9. The fraction of sp³-hybridized carbons (Fsp3) is 0.429. The van der Waals surface area contributed by atoms with E-state index in [2.05, 4.69) is 0 Å². The monoisotopic (exact) mass is 262 g/mol. The number of carbonyl (C=O) groups excluding carboxylic acids is 2. The molecule has 1 amide bonds. The Bertz CT molecular complexity index is 461. The number of amides is 1. The highest BCUT2D eigenvalue weighted by atomic mass is 16.5. The van der Waals surface area contributed by atoms with Crippen LogP contribution in [-0.2, 0) is 20.7 Å². The lowest BCUT2D eigenvalue weighted by Crippen LogP contribution is -2.36. The SMILES string of the molecule is CCOC(=O)[C@H](Cc1ccccc1)N1C[C@H]1C(N)=O. The van der Waals surface area contributed by atoms with Gasteiger partial charge < -0.3 is 10.5 Å². The lowest BCUT2D eigenvalue weighted by molar-refractivity contribution is -0.147. The van der Waals surface area contributed by atoms with Gasteiger partial charge in [0.25, 0.3) is 0 Å². The van der Waals surface area contributed by atoms with Gasteiger partial charge in [0.2, 0.25) is 5.91 Å². The van der Waals surface area contributed by atoms with E-state index in [1.54, 1.807) is 11.8 Å². The lowest BCUT2D eigenvalue weighted by atomic mass is 10.1. The molecule has 0 aliphatic carbocycles. The van der Waals surface area contributed by atoms with Crippen LogP contribution in [0.3, 0.4) is 0 Å². The highest BCUT2D eigenvalue weighted by Gasteiger charge is 2.46. The molecule has 1 saturated heterocycles. The molecule has 1 aliphatic heterocycles. The summed E-state index contributed by atoms with van der Waals surface area (Å²) in [5.74, 6) is -0.683. The molecule has 5 nitrogen and oxygen atoms in total. The second kappa shape index (κ2) is 5.84. The Morgan fingerprint density at radius 3 is 2.63 bits per heavy atom. The summed E-state index contributed by atoms with van der Waals surface area (Å²) < 4.78 is 5.07. The molecule has 0 spiro atoms. The maximum absolute atomic E-state index is 12.0. The van der Waals surface area contributed by atoms with E-state index in [1.807, 2.05) is 30.3 Å². The van der Waals surface area contributed by atoms with Crippen LogP contribution in [0.25, 0.3) is 0 Å². The lowest BCUT2D eigenvalue weighted by Gasteiger charge is -2.17. The van der Waals surface area contributed by atoms with Crippen molar-refractivity contribution in [3.8, 4) is 0 Å². The van der Waals surface area contributed by atoms with Crippen molar-refractivity contribution >= 4 is 11.9 Å². The second-order valence-electron chi connectivity index (χ2n) is 4.57. The predicted octanol–water partition coefficient (Wildman–Crippen LogP) is 0.330. The van der Waals surface area contributed by atoms with E-state index in [-0.39, 0.29) is 17.9 Å². The Balaban J connectivity index is 2.07. The van der Waals surface area contributed by atoms with Gasteiger partial charge in [0, 0.05) is 6.54 Å². The van der Waals surface area contributed by atoms with Gasteiger partial charge in [-0.15, -0.1) is 0 Å². The molecule has 0 radical (unpaired) electrons. The van der Waals surface area contributed by atoms with Crippen molar-refractivity contribution in [2.75, 3.05) is 13.2 Å². The van der Waals surface area contributed by atoms with Crippen molar-refractivity contribution in [2.45, 2.75) is 25.4 Å².